The van der Waals surface area contributed by atoms with Crippen LogP contribution < -0.4 is 14.2 Å². The van der Waals surface area contributed by atoms with Crippen LogP contribution in [0.25, 0.3) is 0 Å². The van der Waals surface area contributed by atoms with Crippen molar-refractivity contribution in [3.05, 3.63) is 42.1 Å². The summed E-state index contributed by atoms with van der Waals surface area (Å²) in [5, 5.41) is 0. The van der Waals surface area contributed by atoms with Crippen molar-refractivity contribution in [3.63, 3.8) is 0 Å². The second kappa shape index (κ2) is 6.29. The van der Waals surface area contributed by atoms with Crippen molar-refractivity contribution in [1.82, 2.24) is 4.98 Å². The normalized spacial score (nSPS) is 10.1. The summed E-state index contributed by atoms with van der Waals surface area (Å²) in [5.74, 6) is 2.80. The molecule has 0 aliphatic carbocycles. The zero-order valence-corrected chi connectivity index (χ0v) is 11.5. The number of alkyl halides is 1. The van der Waals surface area contributed by atoms with E-state index in [0.29, 0.717) is 29.0 Å². The van der Waals surface area contributed by atoms with Gasteiger partial charge in [0, 0.05) is 36.3 Å². The highest BCUT2D eigenvalue weighted by atomic mass is 35.5. The Kier molecular flexibility index (Phi) is 4.47. The lowest BCUT2D eigenvalue weighted by molar-refractivity contribution is 0.385. The fourth-order valence-corrected chi connectivity index (χ4v) is 1.72. The first-order valence-electron chi connectivity index (χ1n) is 5.67. The van der Waals surface area contributed by atoms with E-state index < -0.39 is 0 Å². The Morgan fingerprint density at radius 2 is 1.63 bits per heavy atom. The molecule has 2 rings (SSSR count). The van der Waals surface area contributed by atoms with E-state index in [1.807, 2.05) is 6.07 Å². The van der Waals surface area contributed by atoms with Gasteiger partial charge >= 0.3 is 0 Å². The van der Waals surface area contributed by atoms with Crippen molar-refractivity contribution in [2.75, 3.05) is 14.2 Å². The van der Waals surface area contributed by atoms with E-state index in [2.05, 4.69) is 4.98 Å². The minimum Gasteiger partial charge on any atom is -0.496 e. The largest absolute Gasteiger partial charge is 0.496 e. The molecule has 0 saturated heterocycles. The predicted octanol–water partition coefficient (Wildman–Crippen LogP) is 3.63. The molecule has 0 unspecified atom stereocenters. The van der Waals surface area contributed by atoms with Crippen LogP contribution in [0.15, 0.2) is 36.5 Å². The number of benzene rings is 1. The lowest BCUT2D eigenvalue weighted by Gasteiger charge is -2.09. The fraction of sp³-hybridized carbons (Fsp3) is 0.214. The smallest absolute Gasteiger partial charge is 0.219 e. The third-order valence-electron chi connectivity index (χ3n) is 2.50. The quantitative estimate of drug-likeness (QED) is 0.784. The van der Waals surface area contributed by atoms with Crippen molar-refractivity contribution < 1.29 is 14.2 Å². The number of nitrogens with zero attached hydrogens (tertiary/aromatic N) is 1. The SMILES string of the molecule is COc1cc(OC)cc(Oc2cc(CCl)ccn2)c1. The van der Waals surface area contributed by atoms with Crippen LogP contribution >= 0.6 is 11.6 Å². The minimum atomic E-state index is 0.417. The number of rotatable bonds is 5. The molecule has 0 radical (unpaired) electrons. The topological polar surface area (TPSA) is 40.6 Å². The summed E-state index contributed by atoms with van der Waals surface area (Å²) in [6.45, 7) is 0. The molecular formula is C14H14ClNO3. The molecule has 5 heteroatoms. The van der Waals surface area contributed by atoms with Gasteiger partial charge in [-0.3, -0.25) is 0 Å². The minimum absolute atomic E-state index is 0.417. The molecular weight excluding hydrogens is 266 g/mol. The first kappa shape index (κ1) is 13.5. The summed E-state index contributed by atoms with van der Waals surface area (Å²) >= 11 is 5.77. The Morgan fingerprint density at radius 1 is 1.00 bits per heavy atom. The molecule has 0 amide bonds. The van der Waals surface area contributed by atoms with Crippen LogP contribution in [0.4, 0.5) is 0 Å². The molecule has 0 bridgehead atoms. The Balaban J connectivity index is 2.26. The van der Waals surface area contributed by atoms with Gasteiger partial charge < -0.3 is 14.2 Å². The third kappa shape index (κ3) is 3.51. The summed E-state index contributed by atoms with van der Waals surface area (Å²) < 4.78 is 16.0. The lowest BCUT2D eigenvalue weighted by Crippen LogP contribution is -1.92. The van der Waals surface area contributed by atoms with E-state index in [4.69, 9.17) is 25.8 Å². The van der Waals surface area contributed by atoms with Crippen molar-refractivity contribution in [2.45, 2.75) is 5.88 Å². The van der Waals surface area contributed by atoms with E-state index in [9.17, 15) is 0 Å². The zero-order valence-electron chi connectivity index (χ0n) is 10.7. The van der Waals surface area contributed by atoms with Gasteiger partial charge in [-0.25, -0.2) is 4.98 Å². The molecule has 0 aliphatic heterocycles. The lowest BCUT2D eigenvalue weighted by atomic mass is 10.3. The monoisotopic (exact) mass is 279 g/mol. The Morgan fingerprint density at radius 3 is 2.21 bits per heavy atom. The Labute approximate surface area is 116 Å². The average Bonchev–Trinajstić information content (AvgIpc) is 2.47. The summed E-state index contributed by atoms with van der Waals surface area (Å²) in [6, 6.07) is 8.93. The van der Waals surface area contributed by atoms with Crippen molar-refractivity contribution >= 4 is 11.6 Å². The highest BCUT2D eigenvalue weighted by Gasteiger charge is 2.05. The van der Waals surface area contributed by atoms with Gasteiger partial charge in [0.25, 0.3) is 0 Å². The predicted molar refractivity (Wildman–Crippen MR) is 73.4 cm³/mol. The molecule has 1 heterocycles. The van der Waals surface area contributed by atoms with Gasteiger partial charge in [0.15, 0.2) is 0 Å². The van der Waals surface area contributed by atoms with Crippen LogP contribution in [0.1, 0.15) is 5.56 Å². The number of methoxy groups -OCH3 is 2. The summed E-state index contributed by atoms with van der Waals surface area (Å²) in [5.41, 5.74) is 0.946. The van der Waals surface area contributed by atoms with Gasteiger partial charge in [-0.15, -0.1) is 11.6 Å². The van der Waals surface area contributed by atoms with Crippen LogP contribution in [0.3, 0.4) is 0 Å². The van der Waals surface area contributed by atoms with Crippen LogP contribution in [-0.4, -0.2) is 19.2 Å². The van der Waals surface area contributed by atoms with Gasteiger partial charge in [-0.05, 0) is 11.6 Å². The number of aromatic nitrogens is 1. The van der Waals surface area contributed by atoms with Gasteiger partial charge in [-0.2, -0.15) is 0 Å². The number of hydrogen-bond donors (Lipinski definition) is 0. The average molecular weight is 280 g/mol. The summed E-state index contributed by atoms with van der Waals surface area (Å²) in [7, 11) is 3.18. The van der Waals surface area contributed by atoms with Crippen LogP contribution in [-0.2, 0) is 5.88 Å². The third-order valence-corrected chi connectivity index (χ3v) is 2.81. The summed E-state index contributed by atoms with van der Waals surface area (Å²) in [4.78, 5) is 4.13. The van der Waals surface area contributed by atoms with Crippen molar-refractivity contribution in [3.8, 4) is 23.1 Å². The fourth-order valence-electron chi connectivity index (χ4n) is 1.55. The first-order chi connectivity index (χ1) is 9.25. The second-order valence-corrected chi connectivity index (χ2v) is 4.05. The zero-order chi connectivity index (χ0) is 13.7. The van der Waals surface area contributed by atoms with E-state index in [-0.39, 0.29) is 0 Å². The number of pyridine rings is 1. The molecule has 1 aromatic heterocycles. The van der Waals surface area contributed by atoms with E-state index >= 15 is 0 Å². The molecule has 0 aliphatic rings. The molecule has 0 saturated carbocycles. The van der Waals surface area contributed by atoms with Gasteiger partial charge in [0.1, 0.15) is 17.2 Å². The van der Waals surface area contributed by atoms with Gasteiger partial charge in [0.05, 0.1) is 14.2 Å². The molecule has 100 valence electrons. The van der Waals surface area contributed by atoms with Crippen molar-refractivity contribution in [2.24, 2.45) is 0 Å². The molecule has 0 atom stereocenters. The molecule has 19 heavy (non-hydrogen) atoms. The highest BCUT2D eigenvalue weighted by Crippen LogP contribution is 2.30. The van der Waals surface area contributed by atoms with E-state index in [1.54, 1.807) is 44.7 Å². The summed E-state index contributed by atoms with van der Waals surface area (Å²) in [6.07, 6.45) is 1.66. The molecule has 0 fully saturated rings. The Hall–Kier alpha value is -1.94. The number of hydrogen-bond acceptors (Lipinski definition) is 4. The molecule has 4 nitrogen and oxygen atoms in total. The first-order valence-corrected chi connectivity index (χ1v) is 6.20. The van der Waals surface area contributed by atoms with Crippen LogP contribution in [0.5, 0.6) is 23.1 Å². The highest BCUT2D eigenvalue weighted by molar-refractivity contribution is 6.17. The maximum absolute atomic E-state index is 5.77. The van der Waals surface area contributed by atoms with E-state index in [0.717, 1.165) is 5.56 Å². The number of ether oxygens (including phenoxy) is 3. The number of halogens is 1. The molecule has 1 aromatic carbocycles. The molecule has 0 N–H and O–H groups in total. The second-order valence-electron chi connectivity index (χ2n) is 3.79. The van der Waals surface area contributed by atoms with E-state index in [1.165, 1.54) is 0 Å². The van der Waals surface area contributed by atoms with Crippen LogP contribution in [0.2, 0.25) is 0 Å². The maximum atomic E-state index is 5.77. The van der Waals surface area contributed by atoms with Gasteiger partial charge in [0.2, 0.25) is 5.88 Å². The van der Waals surface area contributed by atoms with Crippen LogP contribution in [0, 0.1) is 0 Å². The van der Waals surface area contributed by atoms with Gasteiger partial charge in [-0.1, -0.05) is 0 Å². The molecule has 0 spiro atoms. The van der Waals surface area contributed by atoms with Crippen molar-refractivity contribution in [1.29, 1.82) is 0 Å². The molecule has 2 aromatic rings. The Bertz CT molecular complexity index is 538. The maximum Gasteiger partial charge on any atom is 0.219 e. The standard InChI is InChI=1S/C14H14ClNO3/c1-17-11-6-12(18-2)8-13(7-11)19-14-5-10(9-15)3-4-16-14/h3-8H,9H2,1-2H3.